The number of hydrogen-bond donors (Lipinski definition) is 5. The number of nitrogens with two attached hydrogens (primary N) is 1. The Bertz CT molecular complexity index is 1020. The van der Waals surface area contributed by atoms with Gasteiger partial charge < -0.3 is 36.3 Å². The molecule has 0 aromatic carbocycles. The van der Waals surface area contributed by atoms with Crippen LogP contribution in [0, 0.1) is 11.7 Å². The predicted molar refractivity (Wildman–Crippen MR) is 123 cm³/mol. The Balaban J connectivity index is 1.87. The van der Waals surface area contributed by atoms with Crippen molar-refractivity contribution < 1.29 is 28.6 Å². The quantitative estimate of drug-likeness (QED) is 0.290. The molecule has 1 fully saturated rings. The van der Waals surface area contributed by atoms with Crippen molar-refractivity contribution in [3.05, 3.63) is 35.8 Å². The first-order chi connectivity index (χ1) is 16.3. The molecule has 0 radical (unpaired) electrons. The highest BCUT2D eigenvalue weighted by Gasteiger charge is 2.33. The molecule has 2 amide bonds. The maximum atomic E-state index is 14.9. The van der Waals surface area contributed by atoms with Crippen molar-refractivity contribution in [2.75, 3.05) is 31.0 Å². The lowest BCUT2D eigenvalue weighted by Gasteiger charge is -2.38. The van der Waals surface area contributed by atoms with Crippen LogP contribution in [0.3, 0.4) is 0 Å². The molecule has 184 valence electrons. The number of carboxylic acid groups (broad SMARTS) is 1. The average Bonchev–Trinajstić information content (AvgIpc) is 2.73. The molecule has 1 aliphatic carbocycles. The van der Waals surface area contributed by atoms with Gasteiger partial charge in [-0.25, -0.2) is 19.2 Å². The smallest absolute Gasteiger partial charge is 0.404 e. The van der Waals surface area contributed by atoms with E-state index >= 15 is 0 Å². The van der Waals surface area contributed by atoms with Crippen LogP contribution in [0.15, 0.2) is 24.4 Å². The number of pyridine rings is 2. The molecule has 1 saturated carbocycles. The molecule has 2 aromatic heterocycles. The van der Waals surface area contributed by atoms with Gasteiger partial charge in [0.05, 0.1) is 18.2 Å². The van der Waals surface area contributed by atoms with Crippen LogP contribution < -0.4 is 26.4 Å². The number of halogens is 1. The zero-order chi connectivity index (χ0) is 24.7. The van der Waals surface area contributed by atoms with Crippen LogP contribution >= 0.6 is 0 Å². The number of nitrogens with zero attached hydrogens (tertiary/aromatic N) is 2. The van der Waals surface area contributed by atoms with Gasteiger partial charge in [-0.1, -0.05) is 6.42 Å². The summed E-state index contributed by atoms with van der Waals surface area (Å²) >= 11 is 0. The van der Waals surface area contributed by atoms with Crippen molar-refractivity contribution in [2.24, 2.45) is 11.7 Å². The van der Waals surface area contributed by atoms with Gasteiger partial charge in [-0.2, -0.15) is 0 Å². The van der Waals surface area contributed by atoms with Crippen molar-refractivity contribution in [2.45, 2.75) is 38.3 Å². The summed E-state index contributed by atoms with van der Waals surface area (Å²) in [5, 5.41) is 17.5. The van der Waals surface area contributed by atoms with Crippen molar-refractivity contribution in [1.82, 2.24) is 15.3 Å². The lowest BCUT2D eigenvalue weighted by molar-refractivity contribution is 0.1000. The van der Waals surface area contributed by atoms with Crippen LogP contribution in [0.4, 0.5) is 26.5 Å². The van der Waals surface area contributed by atoms with E-state index in [-0.39, 0.29) is 29.2 Å². The van der Waals surface area contributed by atoms with Gasteiger partial charge in [-0.3, -0.25) is 4.79 Å². The minimum atomic E-state index is -1.17. The molecule has 0 unspecified atom stereocenters. The Kier molecular flexibility index (Phi) is 8.41. The maximum Gasteiger partial charge on any atom is 0.404 e. The van der Waals surface area contributed by atoms with Crippen LogP contribution in [-0.2, 0) is 4.74 Å². The number of methoxy groups -OCH3 is 1. The van der Waals surface area contributed by atoms with Gasteiger partial charge in [-0.05, 0) is 37.8 Å². The summed E-state index contributed by atoms with van der Waals surface area (Å²) in [4.78, 5) is 31.5. The van der Waals surface area contributed by atoms with Gasteiger partial charge in [-0.15, -0.1) is 0 Å². The van der Waals surface area contributed by atoms with E-state index in [4.69, 9.17) is 20.3 Å². The molecule has 2 atom stereocenters. The monoisotopic (exact) mass is 476 g/mol. The number of amides is 2. The molecule has 0 spiro atoms. The number of primary amides is 1. The number of anilines is 3. The van der Waals surface area contributed by atoms with E-state index in [1.807, 2.05) is 0 Å². The highest BCUT2D eigenvalue weighted by Crippen LogP contribution is 2.34. The summed E-state index contributed by atoms with van der Waals surface area (Å²) in [5.74, 6) is -1.23. The van der Waals surface area contributed by atoms with E-state index in [1.165, 1.54) is 6.20 Å². The third-order valence-corrected chi connectivity index (χ3v) is 5.63. The average molecular weight is 477 g/mol. The number of aromatic nitrogens is 2. The first-order valence-electron chi connectivity index (χ1n) is 10.9. The molecule has 6 N–H and O–H groups in total. The van der Waals surface area contributed by atoms with E-state index in [0.29, 0.717) is 24.8 Å². The minimum Gasteiger partial charge on any atom is -0.475 e. The number of rotatable bonds is 12. The van der Waals surface area contributed by atoms with E-state index in [1.54, 1.807) is 26.2 Å². The number of carbonyl (C=O) groups is 2. The summed E-state index contributed by atoms with van der Waals surface area (Å²) in [6.45, 7) is 2.39. The normalized spacial score (nSPS) is 15.0. The third kappa shape index (κ3) is 6.44. The zero-order valence-electron chi connectivity index (χ0n) is 19.0. The fourth-order valence-corrected chi connectivity index (χ4v) is 3.70. The molecule has 2 heterocycles. The van der Waals surface area contributed by atoms with Crippen molar-refractivity contribution in [3.8, 4) is 5.88 Å². The summed E-state index contributed by atoms with van der Waals surface area (Å²) in [6.07, 6.45) is 3.13. The van der Waals surface area contributed by atoms with Crippen molar-refractivity contribution >= 4 is 29.3 Å². The number of hydrogen-bond acceptors (Lipinski definition) is 8. The molecular weight excluding hydrogens is 447 g/mol. The maximum absolute atomic E-state index is 14.9. The summed E-state index contributed by atoms with van der Waals surface area (Å²) in [5.41, 5.74) is 5.80. The number of carbonyl (C=O) groups excluding carboxylic acids is 1. The highest BCUT2D eigenvalue weighted by atomic mass is 19.1. The lowest BCUT2D eigenvalue weighted by Crippen LogP contribution is -2.50. The summed E-state index contributed by atoms with van der Waals surface area (Å²) in [7, 11) is 1.56. The molecule has 11 nitrogen and oxygen atoms in total. The molecule has 12 heteroatoms. The molecular formula is C22H29FN6O5. The lowest BCUT2D eigenvalue weighted by atomic mass is 9.77. The topological polar surface area (TPSA) is 161 Å². The predicted octanol–water partition coefficient (Wildman–Crippen LogP) is 2.72. The first-order valence-corrected chi connectivity index (χ1v) is 10.9. The Morgan fingerprint density at radius 1 is 1.29 bits per heavy atom. The van der Waals surface area contributed by atoms with Gasteiger partial charge in [0.25, 0.3) is 5.91 Å². The SMILES string of the molecule is COCCOc1cc(Nc2nc(N[C@@H](C3CCC3)[C@H](C)NC(=O)O)c(F)cc2C(N)=O)ccn1. The molecule has 0 bridgehead atoms. The third-order valence-electron chi connectivity index (χ3n) is 5.63. The standard InChI is InChI=1S/C22H29FN6O5/c1-12(26-22(31)32)18(13-4-3-5-13)28-21-16(23)11-15(19(24)30)20(29-21)27-14-6-7-25-17(10-14)34-9-8-33-2/h6-7,10-13,18,26H,3-5,8-9H2,1-2H3,(H2,24,30)(H,31,32)(H2,25,27,28,29)/t12-,18+/m0/s1. The zero-order valence-corrected chi connectivity index (χ0v) is 19.0. The first kappa shape index (κ1) is 25.0. The number of ether oxygens (including phenoxy) is 2. The molecule has 34 heavy (non-hydrogen) atoms. The fourth-order valence-electron chi connectivity index (χ4n) is 3.70. The minimum absolute atomic E-state index is 0.0386. The van der Waals surface area contributed by atoms with Gasteiger partial charge in [0.2, 0.25) is 5.88 Å². The van der Waals surface area contributed by atoms with Crippen LogP contribution in [0.2, 0.25) is 0 Å². The summed E-state index contributed by atoms with van der Waals surface area (Å²) < 4.78 is 25.3. The van der Waals surface area contributed by atoms with Crippen LogP contribution in [-0.4, -0.2) is 59.5 Å². The van der Waals surface area contributed by atoms with Crippen molar-refractivity contribution in [1.29, 1.82) is 0 Å². The molecule has 3 rings (SSSR count). The van der Waals surface area contributed by atoms with E-state index in [0.717, 1.165) is 25.3 Å². The van der Waals surface area contributed by atoms with Crippen LogP contribution in [0.1, 0.15) is 36.5 Å². The molecule has 0 aliphatic heterocycles. The summed E-state index contributed by atoms with van der Waals surface area (Å²) in [6, 6.07) is 3.34. The Labute approximate surface area is 196 Å². The largest absolute Gasteiger partial charge is 0.475 e. The van der Waals surface area contributed by atoms with Crippen LogP contribution in [0.5, 0.6) is 5.88 Å². The number of nitrogens with one attached hydrogen (secondary N) is 3. The van der Waals surface area contributed by atoms with Gasteiger partial charge >= 0.3 is 6.09 Å². The Morgan fingerprint density at radius 3 is 2.68 bits per heavy atom. The fraction of sp³-hybridized carbons (Fsp3) is 0.455. The second-order valence-electron chi connectivity index (χ2n) is 8.03. The van der Waals surface area contributed by atoms with E-state index < -0.39 is 23.9 Å². The highest BCUT2D eigenvalue weighted by molar-refractivity contribution is 5.98. The molecule has 2 aromatic rings. The van der Waals surface area contributed by atoms with Crippen LogP contribution in [0.25, 0.3) is 0 Å². The second-order valence-corrected chi connectivity index (χ2v) is 8.03. The second kappa shape index (κ2) is 11.5. The Hall–Kier alpha value is -3.67. The molecule has 0 saturated heterocycles. The van der Waals surface area contributed by atoms with Gasteiger partial charge in [0, 0.05) is 31.1 Å². The Morgan fingerprint density at radius 2 is 2.06 bits per heavy atom. The molecule has 1 aliphatic rings. The van der Waals surface area contributed by atoms with Gasteiger partial charge in [0.1, 0.15) is 12.4 Å². The van der Waals surface area contributed by atoms with Crippen molar-refractivity contribution in [3.63, 3.8) is 0 Å². The van der Waals surface area contributed by atoms with E-state index in [9.17, 15) is 14.0 Å². The van der Waals surface area contributed by atoms with E-state index in [2.05, 4.69) is 25.9 Å². The van der Waals surface area contributed by atoms with Gasteiger partial charge in [0.15, 0.2) is 11.6 Å².